The van der Waals surface area contributed by atoms with Crippen molar-refractivity contribution in [2.45, 2.75) is 12.8 Å². The maximum absolute atomic E-state index is 9.94. The first-order valence-corrected chi connectivity index (χ1v) is 3.67. The van der Waals surface area contributed by atoms with Crippen molar-refractivity contribution >= 4 is 6.29 Å². The maximum atomic E-state index is 9.94. The van der Waals surface area contributed by atoms with Crippen LogP contribution in [0.4, 0.5) is 0 Å². The number of hydrogen-bond acceptors (Lipinski definition) is 2. The molecule has 0 aromatic heterocycles. The lowest BCUT2D eigenvalue weighted by atomic mass is 10.1. The lowest BCUT2D eigenvalue weighted by Crippen LogP contribution is -1.79. The summed E-state index contributed by atoms with van der Waals surface area (Å²) in [5.41, 5.74) is 1.06. The number of aliphatic hydroxyl groups excluding tert-OH is 1. The van der Waals surface area contributed by atoms with Gasteiger partial charge in [0.25, 0.3) is 0 Å². The molecule has 0 rings (SSSR count). The predicted molar refractivity (Wildman–Crippen MR) is 51.9 cm³/mol. The van der Waals surface area contributed by atoms with E-state index >= 15 is 0 Å². The van der Waals surface area contributed by atoms with Gasteiger partial charge in [0.05, 0.1) is 0 Å². The van der Waals surface area contributed by atoms with Crippen LogP contribution in [-0.4, -0.2) is 18.5 Å². The minimum Gasteiger partial charge on any atom is -0.400 e. The Labute approximate surface area is 73.9 Å². The first-order chi connectivity index (χ1) is 5.85. The maximum Gasteiger partial charge on any atom is 0.120 e. The quantitative estimate of drug-likeness (QED) is 0.502. The average Bonchev–Trinajstić information content (AvgIpc) is 2.15. The van der Waals surface area contributed by atoms with Crippen LogP contribution in [0.15, 0.2) is 37.0 Å². The molecule has 0 saturated heterocycles. The van der Waals surface area contributed by atoms with Crippen LogP contribution in [-0.2, 0) is 4.79 Å². The molecule has 2 nitrogen and oxygen atoms in total. The summed E-state index contributed by atoms with van der Waals surface area (Å²) in [6.45, 7) is 7.14. The predicted octanol–water partition coefficient (Wildman–Crippen LogP) is 1.87. The van der Waals surface area contributed by atoms with E-state index in [1.54, 1.807) is 12.2 Å². The zero-order valence-electron chi connectivity index (χ0n) is 7.49. The fourth-order valence-corrected chi connectivity index (χ4v) is 0.630. The molecule has 0 amide bonds. The third kappa shape index (κ3) is 8.85. The van der Waals surface area contributed by atoms with E-state index in [9.17, 15) is 4.79 Å². The van der Waals surface area contributed by atoms with E-state index in [4.69, 9.17) is 5.11 Å². The van der Waals surface area contributed by atoms with Gasteiger partial charge < -0.3 is 9.90 Å². The molecule has 0 aliphatic carbocycles. The largest absolute Gasteiger partial charge is 0.400 e. The lowest BCUT2D eigenvalue weighted by Gasteiger charge is -1.93. The molecule has 0 fully saturated rings. The second kappa shape index (κ2) is 12.5. The number of aliphatic hydroxyl groups is 1. The Bertz CT molecular complexity index is 157. The molecule has 0 atom stereocenters. The molecule has 2 heteroatoms. The summed E-state index contributed by atoms with van der Waals surface area (Å²) in [6, 6.07) is 0. The van der Waals surface area contributed by atoms with Crippen molar-refractivity contribution in [1.82, 2.24) is 0 Å². The Morgan fingerprint density at radius 1 is 1.42 bits per heavy atom. The van der Waals surface area contributed by atoms with E-state index in [0.29, 0.717) is 6.42 Å². The van der Waals surface area contributed by atoms with Crippen LogP contribution in [0.5, 0.6) is 0 Å². The summed E-state index contributed by atoms with van der Waals surface area (Å²) in [6.07, 6.45) is 7.52. The number of rotatable bonds is 5. The first kappa shape index (κ1) is 13.4. The third-order valence-corrected chi connectivity index (χ3v) is 1.14. The van der Waals surface area contributed by atoms with Gasteiger partial charge in [-0.1, -0.05) is 31.4 Å². The number of carbonyl (C=O) groups excluding carboxylic acids is 1. The van der Waals surface area contributed by atoms with Crippen LogP contribution in [0.25, 0.3) is 0 Å². The normalized spacial score (nSPS) is 9.33. The molecule has 0 radical (unpaired) electrons. The highest BCUT2D eigenvalue weighted by atomic mass is 16.2. The van der Waals surface area contributed by atoms with Gasteiger partial charge in [-0.05, 0) is 12.0 Å². The van der Waals surface area contributed by atoms with Gasteiger partial charge in [0.1, 0.15) is 6.29 Å². The summed E-state index contributed by atoms with van der Waals surface area (Å²) in [7, 11) is 1.00. The van der Waals surface area contributed by atoms with E-state index in [2.05, 4.69) is 13.2 Å². The Kier molecular flexibility index (Phi) is 14.0. The van der Waals surface area contributed by atoms with Gasteiger partial charge in [0, 0.05) is 13.5 Å². The highest BCUT2D eigenvalue weighted by Crippen LogP contribution is 2.03. The van der Waals surface area contributed by atoms with Crippen molar-refractivity contribution in [3.05, 3.63) is 37.0 Å². The molecule has 0 unspecified atom stereocenters. The SMILES string of the molecule is C=C/C=C(\C=C)CCC=O.CO. The molecule has 0 aliphatic heterocycles. The molecule has 0 aliphatic rings. The van der Waals surface area contributed by atoms with Crippen molar-refractivity contribution < 1.29 is 9.90 Å². The Hall–Kier alpha value is -1.15. The smallest absolute Gasteiger partial charge is 0.120 e. The summed E-state index contributed by atoms with van der Waals surface area (Å²) in [5, 5.41) is 7.00. The van der Waals surface area contributed by atoms with E-state index in [0.717, 1.165) is 25.4 Å². The summed E-state index contributed by atoms with van der Waals surface area (Å²) < 4.78 is 0. The fraction of sp³-hybridized carbons (Fsp3) is 0.300. The van der Waals surface area contributed by atoms with E-state index < -0.39 is 0 Å². The van der Waals surface area contributed by atoms with Gasteiger partial charge in [-0.3, -0.25) is 0 Å². The van der Waals surface area contributed by atoms with E-state index in [1.807, 2.05) is 6.08 Å². The van der Waals surface area contributed by atoms with Crippen LogP contribution in [0.2, 0.25) is 0 Å². The van der Waals surface area contributed by atoms with Gasteiger partial charge in [-0.25, -0.2) is 0 Å². The van der Waals surface area contributed by atoms with Gasteiger partial charge in [0.15, 0.2) is 0 Å². The molecule has 0 spiro atoms. The van der Waals surface area contributed by atoms with Gasteiger partial charge >= 0.3 is 0 Å². The molecule has 0 saturated carbocycles. The van der Waals surface area contributed by atoms with Crippen molar-refractivity contribution in [2.75, 3.05) is 7.11 Å². The second-order valence-electron chi connectivity index (χ2n) is 1.89. The number of aldehydes is 1. The molecule has 1 N–H and O–H groups in total. The van der Waals surface area contributed by atoms with Crippen LogP contribution < -0.4 is 0 Å². The molecule has 0 aromatic carbocycles. The number of hydrogen-bond donors (Lipinski definition) is 1. The minimum absolute atomic E-state index is 0.561. The third-order valence-electron chi connectivity index (χ3n) is 1.14. The summed E-state index contributed by atoms with van der Waals surface area (Å²) in [5.74, 6) is 0. The molecule has 0 bridgehead atoms. The van der Waals surface area contributed by atoms with Gasteiger partial charge in [-0.2, -0.15) is 0 Å². The highest BCUT2D eigenvalue weighted by Gasteiger charge is 1.87. The molecule has 68 valence electrons. The number of carbonyl (C=O) groups is 1. The van der Waals surface area contributed by atoms with E-state index in [-0.39, 0.29) is 0 Å². The summed E-state index contributed by atoms with van der Waals surface area (Å²) >= 11 is 0. The lowest BCUT2D eigenvalue weighted by molar-refractivity contribution is -0.107. The molecular weight excluding hydrogens is 152 g/mol. The molecule has 12 heavy (non-hydrogen) atoms. The van der Waals surface area contributed by atoms with E-state index in [1.165, 1.54) is 0 Å². The minimum atomic E-state index is 0.561. The van der Waals surface area contributed by atoms with Crippen LogP contribution in [0.3, 0.4) is 0 Å². The molecule has 0 heterocycles. The summed E-state index contributed by atoms with van der Waals surface area (Å²) in [4.78, 5) is 9.94. The molecular formula is C10H16O2. The monoisotopic (exact) mass is 168 g/mol. The van der Waals surface area contributed by atoms with Crippen molar-refractivity contribution in [3.8, 4) is 0 Å². The standard InChI is InChI=1S/C9H12O.CH4O/c1-3-6-9(4-2)7-5-8-10;1-2/h3-4,6,8H,1-2,5,7H2;2H,1H3/b9-6+;. The average molecular weight is 168 g/mol. The fourth-order valence-electron chi connectivity index (χ4n) is 0.630. The highest BCUT2D eigenvalue weighted by molar-refractivity contribution is 5.50. The second-order valence-corrected chi connectivity index (χ2v) is 1.89. The Morgan fingerprint density at radius 2 is 2.00 bits per heavy atom. The molecule has 0 aromatic rings. The van der Waals surface area contributed by atoms with Gasteiger partial charge in [0.2, 0.25) is 0 Å². The van der Waals surface area contributed by atoms with Crippen molar-refractivity contribution in [2.24, 2.45) is 0 Å². The number of allylic oxidation sites excluding steroid dienone is 4. The first-order valence-electron chi connectivity index (χ1n) is 3.67. The zero-order valence-corrected chi connectivity index (χ0v) is 7.49. The van der Waals surface area contributed by atoms with Crippen LogP contribution >= 0.6 is 0 Å². The topological polar surface area (TPSA) is 37.3 Å². The Balaban J connectivity index is 0. The van der Waals surface area contributed by atoms with Crippen LogP contribution in [0, 0.1) is 0 Å². The van der Waals surface area contributed by atoms with Crippen LogP contribution in [0.1, 0.15) is 12.8 Å². The van der Waals surface area contributed by atoms with Crippen molar-refractivity contribution in [3.63, 3.8) is 0 Å². The van der Waals surface area contributed by atoms with Crippen molar-refractivity contribution in [1.29, 1.82) is 0 Å². The van der Waals surface area contributed by atoms with Gasteiger partial charge in [-0.15, -0.1) is 0 Å². The zero-order chi connectivity index (χ0) is 9.82. The Morgan fingerprint density at radius 3 is 2.33 bits per heavy atom.